The number of benzene rings is 1. The minimum Gasteiger partial charge on any atom is -0.341 e. The lowest BCUT2D eigenvalue weighted by Crippen LogP contribution is -2.31. The van der Waals surface area contributed by atoms with Crippen molar-refractivity contribution in [2.75, 3.05) is 7.05 Å². The summed E-state index contributed by atoms with van der Waals surface area (Å²) in [5.74, 6) is 0.314. The van der Waals surface area contributed by atoms with Crippen molar-refractivity contribution < 1.29 is 4.79 Å². The van der Waals surface area contributed by atoms with Crippen LogP contribution >= 0.6 is 0 Å². The SMILES string of the molecule is CCCC(C)C(=O)N(C)Cc1ccccc1CN. The van der Waals surface area contributed by atoms with Crippen molar-refractivity contribution in [1.82, 2.24) is 4.90 Å². The van der Waals surface area contributed by atoms with Crippen LogP contribution in [0.4, 0.5) is 0 Å². The molecule has 0 spiro atoms. The summed E-state index contributed by atoms with van der Waals surface area (Å²) >= 11 is 0. The topological polar surface area (TPSA) is 46.3 Å². The second-order valence-electron chi connectivity index (χ2n) is 4.86. The summed E-state index contributed by atoms with van der Waals surface area (Å²) in [5.41, 5.74) is 7.96. The Morgan fingerprint density at radius 3 is 2.50 bits per heavy atom. The molecule has 0 aliphatic rings. The molecule has 0 aromatic heterocycles. The quantitative estimate of drug-likeness (QED) is 0.841. The van der Waals surface area contributed by atoms with Gasteiger partial charge >= 0.3 is 0 Å². The van der Waals surface area contributed by atoms with Crippen LogP contribution in [0.3, 0.4) is 0 Å². The molecule has 1 aromatic carbocycles. The Morgan fingerprint density at radius 1 is 1.33 bits per heavy atom. The smallest absolute Gasteiger partial charge is 0.225 e. The lowest BCUT2D eigenvalue weighted by Gasteiger charge is -2.22. The van der Waals surface area contributed by atoms with Gasteiger partial charge in [0.05, 0.1) is 0 Å². The Morgan fingerprint density at radius 2 is 1.94 bits per heavy atom. The summed E-state index contributed by atoms with van der Waals surface area (Å²) in [4.78, 5) is 13.9. The van der Waals surface area contributed by atoms with Crippen molar-refractivity contribution in [2.45, 2.75) is 39.8 Å². The Kier molecular flexibility index (Phi) is 5.86. The van der Waals surface area contributed by atoms with E-state index in [9.17, 15) is 4.79 Å². The molecule has 0 aliphatic heterocycles. The fourth-order valence-corrected chi connectivity index (χ4v) is 2.18. The maximum atomic E-state index is 12.1. The van der Waals surface area contributed by atoms with Crippen LogP contribution in [-0.2, 0) is 17.9 Å². The van der Waals surface area contributed by atoms with Gasteiger partial charge in [-0.3, -0.25) is 4.79 Å². The predicted octanol–water partition coefficient (Wildman–Crippen LogP) is 2.54. The molecule has 1 amide bonds. The number of hydrogen-bond donors (Lipinski definition) is 1. The molecule has 1 rings (SSSR count). The van der Waals surface area contributed by atoms with E-state index in [1.807, 2.05) is 38.2 Å². The number of hydrogen-bond acceptors (Lipinski definition) is 2. The third kappa shape index (κ3) is 3.84. The molecule has 1 aromatic rings. The molecule has 18 heavy (non-hydrogen) atoms. The fourth-order valence-electron chi connectivity index (χ4n) is 2.18. The van der Waals surface area contributed by atoms with Crippen molar-refractivity contribution in [3.05, 3.63) is 35.4 Å². The van der Waals surface area contributed by atoms with E-state index in [-0.39, 0.29) is 11.8 Å². The Labute approximate surface area is 110 Å². The molecule has 0 heterocycles. The van der Waals surface area contributed by atoms with Gasteiger partial charge < -0.3 is 10.6 Å². The Hall–Kier alpha value is -1.35. The van der Waals surface area contributed by atoms with Crippen LogP contribution in [0.5, 0.6) is 0 Å². The standard InChI is InChI=1S/C15H24N2O/c1-4-7-12(2)15(18)17(3)11-14-9-6-5-8-13(14)10-16/h5-6,8-9,12H,4,7,10-11,16H2,1-3H3. The van der Waals surface area contributed by atoms with Crippen LogP contribution < -0.4 is 5.73 Å². The zero-order valence-electron chi connectivity index (χ0n) is 11.6. The summed E-state index contributed by atoms with van der Waals surface area (Å²) < 4.78 is 0. The van der Waals surface area contributed by atoms with Crippen molar-refractivity contribution in [3.8, 4) is 0 Å². The first-order chi connectivity index (χ1) is 8.60. The number of carbonyl (C=O) groups excluding carboxylic acids is 1. The Balaban J connectivity index is 2.69. The van der Waals surface area contributed by atoms with Crippen LogP contribution in [-0.4, -0.2) is 17.9 Å². The zero-order chi connectivity index (χ0) is 13.5. The van der Waals surface area contributed by atoms with E-state index in [0.717, 1.165) is 24.0 Å². The summed E-state index contributed by atoms with van der Waals surface area (Å²) in [7, 11) is 1.86. The van der Waals surface area contributed by atoms with E-state index in [1.165, 1.54) is 0 Å². The average Bonchev–Trinajstić information content (AvgIpc) is 2.38. The number of carbonyl (C=O) groups is 1. The molecule has 0 aliphatic carbocycles. The predicted molar refractivity (Wildman–Crippen MR) is 74.9 cm³/mol. The van der Waals surface area contributed by atoms with Gasteiger partial charge in [0, 0.05) is 26.1 Å². The van der Waals surface area contributed by atoms with Crippen LogP contribution in [0.25, 0.3) is 0 Å². The van der Waals surface area contributed by atoms with E-state index in [0.29, 0.717) is 13.1 Å². The van der Waals surface area contributed by atoms with Gasteiger partial charge in [-0.15, -0.1) is 0 Å². The van der Waals surface area contributed by atoms with E-state index < -0.39 is 0 Å². The van der Waals surface area contributed by atoms with Crippen LogP contribution in [0.1, 0.15) is 37.8 Å². The molecule has 0 radical (unpaired) electrons. The second-order valence-corrected chi connectivity index (χ2v) is 4.86. The summed E-state index contributed by atoms with van der Waals surface area (Å²) in [6, 6.07) is 8.02. The van der Waals surface area contributed by atoms with Gasteiger partial charge in [-0.1, -0.05) is 44.5 Å². The third-order valence-electron chi connectivity index (χ3n) is 3.27. The molecule has 0 saturated heterocycles. The first-order valence-corrected chi connectivity index (χ1v) is 6.62. The van der Waals surface area contributed by atoms with E-state index >= 15 is 0 Å². The molecule has 3 nitrogen and oxygen atoms in total. The van der Waals surface area contributed by atoms with E-state index in [1.54, 1.807) is 4.90 Å². The molecule has 0 fully saturated rings. The molecule has 3 heteroatoms. The van der Waals surface area contributed by atoms with Gasteiger partial charge in [0.1, 0.15) is 0 Å². The monoisotopic (exact) mass is 248 g/mol. The highest BCUT2D eigenvalue weighted by molar-refractivity contribution is 5.78. The maximum Gasteiger partial charge on any atom is 0.225 e. The van der Waals surface area contributed by atoms with Crippen LogP contribution in [0, 0.1) is 5.92 Å². The van der Waals surface area contributed by atoms with Crippen LogP contribution in [0.2, 0.25) is 0 Å². The summed E-state index contributed by atoms with van der Waals surface area (Å²) in [5, 5.41) is 0. The number of nitrogens with two attached hydrogens (primary N) is 1. The fraction of sp³-hybridized carbons (Fsp3) is 0.533. The summed E-state index contributed by atoms with van der Waals surface area (Å²) in [6.45, 7) is 5.26. The van der Waals surface area contributed by atoms with Gasteiger partial charge in [0.15, 0.2) is 0 Å². The molecular weight excluding hydrogens is 224 g/mol. The lowest BCUT2D eigenvalue weighted by molar-refractivity contribution is -0.134. The lowest BCUT2D eigenvalue weighted by atomic mass is 10.0. The van der Waals surface area contributed by atoms with Crippen molar-refractivity contribution in [1.29, 1.82) is 0 Å². The van der Waals surface area contributed by atoms with E-state index in [2.05, 4.69) is 6.92 Å². The number of nitrogens with zero attached hydrogens (tertiary/aromatic N) is 1. The molecule has 0 saturated carbocycles. The molecule has 100 valence electrons. The van der Waals surface area contributed by atoms with Gasteiger partial charge in [0.25, 0.3) is 0 Å². The average molecular weight is 248 g/mol. The minimum absolute atomic E-state index is 0.102. The molecule has 1 unspecified atom stereocenters. The first kappa shape index (κ1) is 14.7. The second kappa shape index (κ2) is 7.17. The minimum atomic E-state index is 0.102. The molecule has 1 atom stereocenters. The Bertz CT molecular complexity index is 390. The van der Waals surface area contributed by atoms with E-state index in [4.69, 9.17) is 5.73 Å². The molecule has 2 N–H and O–H groups in total. The number of rotatable bonds is 6. The zero-order valence-corrected chi connectivity index (χ0v) is 11.6. The maximum absolute atomic E-state index is 12.1. The van der Waals surface area contributed by atoms with Gasteiger partial charge in [0.2, 0.25) is 5.91 Å². The van der Waals surface area contributed by atoms with Crippen LogP contribution in [0.15, 0.2) is 24.3 Å². The molecule has 0 bridgehead atoms. The first-order valence-electron chi connectivity index (χ1n) is 6.62. The summed E-state index contributed by atoms with van der Waals surface area (Å²) in [6.07, 6.45) is 1.99. The highest BCUT2D eigenvalue weighted by Crippen LogP contribution is 2.14. The highest BCUT2D eigenvalue weighted by Gasteiger charge is 2.17. The van der Waals surface area contributed by atoms with Crippen molar-refractivity contribution >= 4 is 5.91 Å². The van der Waals surface area contributed by atoms with Crippen molar-refractivity contribution in [2.24, 2.45) is 11.7 Å². The van der Waals surface area contributed by atoms with Crippen molar-refractivity contribution in [3.63, 3.8) is 0 Å². The normalized spacial score (nSPS) is 12.2. The largest absolute Gasteiger partial charge is 0.341 e. The third-order valence-corrected chi connectivity index (χ3v) is 3.27. The highest BCUT2D eigenvalue weighted by atomic mass is 16.2. The molecular formula is C15H24N2O. The number of amides is 1. The van der Waals surface area contributed by atoms with Gasteiger partial charge in [-0.25, -0.2) is 0 Å². The van der Waals surface area contributed by atoms with Gasteiger partial charge in [-0.2, -0.15) is 0 Å². The van der Waals surface area contributed by atoms with Gasteiger partial charge in [-0.05, 0) is 17.5 Å².